The van der Waals surface area contributed by atoms with Gasteiger partial charge in [-0.15, -0.1) is 0 Å². The molecule has 0 spiro atoms. The second kappa shape index (κ2) is 11.1. The van der Waals surface area contributed by atoms with E-state index in [-0.39, 0.29) is 39.6 Å². The van der Waals surface area contributed by atoms with Crippen LogP contribution < -0.4 is 0 Å². The zero-order valence-corrected chi connectivity index (χ0v) is 13.2. The molecule has 8 heteroatoms. The highest BCUT2D eigenvalue weighted by Crippen LogP contribution is 2.31. The van der Waals surface area contributed by atoms with E-state index in [9.17, 15) is 0 Å². The van der Waals surface area contributed by atoms with E-state index in [1.54, 1.807) is 0 Å². The van der Waals surface area contributed by atoms with Crippen LogP contribution in [0.1, 0.15) is 12.8 Å². The van der Waals surface area contributed by atoms with E-state index < -0.39 is 10.8 Å². The summed E-state index contributed by atoms with van der Waals surface area (Å²) in [5.41, 5.74) is -1.67. The first kappa shape index (κ1) is 20.5. The summed E-state index contributed by atoms with van der Waals surface area (Å²) in [5.74, 6) is 1.33. The minimum Gasteiger partial charge on any atom is -0.396 e. The smallest absolute Gasteiger partial charge is 0.0531 e. The molecule has 0 bridgehead atoms. The maximum Gasteiger partial charge on any atom is 0.0531 e. The monoisotopic (exact) mass is 330 g/mol. The highest BCUT2D eigenvalue weighted by molar-refractivity contribution is 8.76. The van der Waals surface area contributed by atoms with Crippen molar-refractivity contribution in [2.45, 2.75) is 12.8 Å². The summed E-state index contributed by atoms with van der Waals surface area (Å²) < 4.78 is 0. The van der Waals surface area contributed by atoms with Gasteiger partial charge in [0.1, 0.15) is 0 Å². The van der Waals surface area contributed by atoms with Crippen LogP contribution in [0, 0.1) is 10.8 Å². The van der Waals surface area contributed by atoms with Crippen molar-refractivity contribution in [2.24, 2.45) is 10.8 Å². The van der Waals surface area contributed by atoms with Crippen molar-refractivity contribution in [1.29, 1.82) is 0 Å². The maximum absolute atomic E-state index is 9.16. The summed E-state index contributed by atoms with van der Waals surface area (Å²) in [4.78, 5) is 0. The number of aliphatic hydroxyl groups excluding tert-OH is 6. The first-order valence-corrected chi connectivity index (χ1v) is 8.96. The molecule has 20 heavy (non-hydrogen) atoms. The van der Waals surface area contributed by atoms with Gasteiger partial charge in [-0.2, -0.15) is 0 Å². The number of rotatable bonds is 13. The molecule has 0 aromatic carbocycles. The molecule has 0 heterocycles. The fourth-order valence-corrected chi connectivity index (χ4v) is 3.88. The van der Waals surface area contributed by atoms with Crippen molar-refractivity contribution in [3.8, 4) is 0 Å². The van der Waals surface area contributed by atoms with Crippen LogP contribution in [0.2, 0.25) is 0 Å². The second-order valence-corrected chi connectivity index (χ2v) is 7.79. The first-order valence-electron chi connectivity index (χ1n) is 6.47. The topological polar surface area (TPSA) is 121 Å². The van der Waals surface area contributed by atoms with Crippen LogP contribution in [0.5, 0.6) is 0 Å². The molecule has 0 aliphatic heterocycles. The Morgan fingerprint density at radius 1 is 0.500 bits per heavy atom. The Morgan fingerprint density at radius 3 is 0.950 bits per heavy atom. The zero-order valence-electron chi connectivity index (χ0n) is 11.6. The van der Waals surface area contributed by atoms with E-state index in [2.05, 4.69) is 0 Å². The molecular weight excluding hydrogens is 304 g/mol. The van der Waals surface area contributed by atoms with E-state index in [1.807, 2.05) is 0 Å². The molecular formula is C12H26O6S2. The predicted octanol–water partition coefficient (Wildman–Crippen LogP) is -0.925. The van der Waals surface area contributed by atoms with Crippen LogP contribution in [0.4, 0.5) is 0 Å². The lowest BCUT2D eigenvalue weighted by molar-refractivity contribution is 0.00352. The van der Waals surface area contributed by atoms with Gasteiger partial charge in [-0.05, 0) is 12.8 Å². The molecule has 0 saturated carbocycles. The normalized spacial score (nSPS) is 12.9. The Labute approximate surface area is 127 Å². The standard InChI is InChI=1S/C12H26O6S2/c13-5-11(6-14,7-15)1-3-19-20-4-2-12(8-16,9-17)10-18/h13-18H,1-10H2. The third-order valence-corrected chi connectivity index (χ3v) is 5.94. The van der Waals surface area contributed by atoms with Gasteiger partial charge in [0.15, 0.2) is 0 Å². The van der Waals surface area contributed by atoms with Crippen molar-refractivity contribution in [3.05, 3.63) is 0 Å². The van der Waals surface area contributed by atoms with Gasteiger partial charge in [0, 0.05) is 22.3 Å². The van der Waals surface area contributed by atoms with Gasteiger partial charge in [-0.1, -0.05) is 21.6 Å². The highest BCUT2D eigenvalue weighted by atomic mass is 33.1. The molecule has 0 amide bonds. The van der Waals surface area contributed by atoms with Gasteiger partial charge >= 0.3 is 0 Å². The summed E-state index contributed by atoms with van der Waals surface area (Å²) in [7, 11) is 3.07. The Morgan fingerprint density at radius 2 is 0.750 bits per heavy atom. The lowest BCUT2D eigenvalue weighted by Crippen LogP contribution is -2.34. The van der Waals surface area contributed by atoms with Gasteiger partial charge in [-0.3, -0.25) is 0 Å². The first-order chi connectivity index (χ1) is 9.57. The maximum atomic E-state index is 9.16. The molecule has 0 aliphatic carbocycles. The van der Waals surface area contributed by atoms with Crippen LogP contribution in [-0.2, 0) is 0 Å². The minimum atomic E-state index is -0.835. The minimum absolute atomic E-state index is 0.256. The molecule has 122 valence electrons. The van der Waals surface area contributed by atoms with Crippen molar-refractivity contribution < 1.29 is 30.6 Å². The van der Waals surface area contributed by atoms with E-state index in [4.69, 9.17) is 30.6 Å². The van der Waals surface area contributed by atoms with Gasteiger partial charge in [-0.25, -0.2) is 0 Å². The Hall–Kier alpha value is 0.460. The molecule has 0 aromatic heterocycles. The average Bonchev–Trinajstić information content (AvgIpc) is 2.52. The highest BCUT2D eigenvalue weighted by Gasteiger charge is 2.28. The van der Waals surface area contributed by atoms with Gasteiger partial charge in [0.2, 0.25) is 0 Å². The number of hydrogen-bond donors (Lipinski definition) is 6. The van der Waals surface area contributed by atoms with Gasteiger partial charge in [0.25, 0.3) is 0 Å². The van der Waals surface area contributed by atoms with Crippen LogP contribution in [0.3, 0.4) is 0 Å². The molecule has 0 radical (unpaired) electrons. The summed E-state index contributed by atoms with van der Waals surface area (Å²) in [6.45, 7) is -1.54. The van der Waals surface area contributed by atoms with Gasteiger partial charge < -0.3 is 30.6 Å². The summed E-state index contributed by atoms with van der Waals surface area (Å²) in [5, 5.41) is 55.0. The lowest BCUT2D eigenvalue weighted by Gasteiger charge is -2.27. The Bertz CT molecular complexity index is 193. The lowest BCUT2D eigenvalue weighted by atomic mass is 9.88. The van der Waals surface area contributed by atoms with Crippen LogP contribution >= 0.6 is 21.6 Å². The molecule has 0 atom stereocenters. The third-order valence-electron chi connectivity index (χ3n) is 3.53. The Balaban J connectivity index is 3.87. The van der Waals surface area contributed by atoms with Crippen LogP contribution in [0.15, 0.2) is 0 Å². The molecule has 0 saturated heterocycles. The number of aliphatic hydroxyl groups is 6. The van der Waals surface area contributed by atoms with E-state index >= 15 is 0 Å². The van der Waals surface area contributed by atoms with Crippen molar-refractivity contribution in [3.63, 3.8) is 0 Å². The van der Waals surface area contributed by atoms with Gasteiger partial charge in [0.05, 0.1) is 39.6 Å². The second-order valence-electron chi connectivity index (χ2n) is 5.09. The fraction of sp³-hybridized carbons (Fsp3) is 1.00. The summed E-state index contributed by atoms with van der Waals surface area (Å²) in [6.07, 6.45) is 0.999. The summed E-state index contributed by atoms with van der Waals surface area (Å²) in [6, 6.07) is 0. The molecule has 0 rings (SSSR count). The molecule has 0 fully saturated rings. The van der Waals surface area contributed by atoms with Crippen molar-refractivity contribution >= 4 is 21.6 Å². The van der Waals surface area contributed by atoms with E-state index in [1.165, 1.54) is 21.6 Å². The average molecular weight is 330 g/mol. The van der Waals surface area contributed by atoms with Crippen molar-refractivity contribution in [1.82, 2.24) is 0 Å². The third kappa shape index (κ3) is 6.48. The van der Waals surface area contributed by atoms with E-state index in [0.717, 1.165) is 0 Å². The Kier molecular flexibility index (Phi) is 11.3. The molecule has 6 N–H and O–H groups in total. The molecule has 0 aromatic rings. The summed E-state index contributed by atoms with van der Waals surface area (Å²) >= 11 is 0. The SMILES string of the molecule is OCC(CO)(CO)CCSSCCC(CO)(CO)CO. The largest absolute Gasteiger partial charge is 0.396 e. The quantitative estimate of drug-likeness (QED) is 0.189. The van der Waals surface area contributed by atoms with Crippen molar-refractivity contribution in [2.75, 3.05) is 51.1 Å². The number of hydrogen-bond acceptors (Lipinski definition) is 8. The fourth-order valence-electron chi connectivity index (χ4n) is 1.41. The zero-order chi connectivity index (χ0) is 15.5. The van der Waals surface area contributed by atoms with Crippen LogP contribution in [-0.4, -0.2) is 81.8 Å². The molecule has 0 unspecified atom stereocenters. The predicted molar refractivity (Wildman–Crippen MR) is 81.5 cm³/mol. The molecule has 0 aliphatic rings. The van der Waals surface area contributed by atoms with Crippen LogP contribution in [0.25, 0.3) is 0 Å². The van der Waals surface area contributed by atoms with E-state index in [0.29, 0.717) is 24.3 Å². The molecule has 6 nitrogen and oxygen atoms in total.